The zero-order chi connectivity index (χ0) is 7.94. The third-order valence-corrected chi connectivity index (χ3v) is 1.40. The van der Waals surface area contributed by atoms with Gasteiger partial charge in [0.1, 0.15) is 6.33 Å². The molecule has 0 atom stereocenters. The average Bonchev–Trinajstić information content (AvgIpc) is 2.57. The standard InChI is InChI=1S/C5H5.CH2N4.Fe/c2*1-2-4-5-3-1;/h1-3H,4H2;1H,(H,2,3,4,5);. The first-order valence-electron chi connectivity index (χ1n) is 3.06. The van der Waals surface area contributed by atoms with E-state index in [0.717, 1.165) is 6.42 Å². The van der Waals surface area contributed by atoms with Gasteiger partial charge in [0.25, 0.3) is 0 Å². The van der Waals surface area contributed by atoms with Gasteiger partial charge in [0.15, 0.2) is 0 Å². The Morgan fingerprint density at radius 2 is 2.45 bits per heavy atom. The number of hydrogen-bond donors (Lipinski definition) is 1. The fourth-order valence-electron chi connectivity index (χ4n) is 0.545. The molecule has 1 aromatic rings. The molecule has 1 aromatic heterocycles. The molecule has 59 valence electrons. The van der Waals surface area contributed by atoms with Gasteiger partial charge in [-0.15, -0.1) is 5.10 Å². The van der Waals surface area contributed by atoms with Gasteiger partial charge in [0.2, 0.25) is 0 Å². The van der Waals surface area contributed by atoms with Gasteiger partial charge < -0.3 is 0 Å². The van der Waals surface area contributed by atoms with Gasteiger partial charge in [-0.3, -0.25) is 0 Å². The molecule has 0 radical (unpaired) electrons. The van der Waals surface area contributed by atoms with Crippen LogP contribution in [0.25, 0.3) is 0 Å². The fraction of sp³-hybridized carbons (Fsp3) is 0.167. The van der Waals surface area contributed by atoms with E-state index in [0.29, 0.717) is 0 Å². The van der Waals surface area contributed by atoms with Gasteiger partial charge >= 0.3 is 45.1 Å². The molecule has 1 aliphatic rings. The Morgan fingerprint density at radius 3 is 2.64 bits per heavy atom. The third-order valence-electron chi connectivity index (χ3n) is 0.987. The van der Waals surface area contributed by atoms with Crippen molar-refractivity contribution < 1.29 is 16.0 Å². The van der Waals surface area contributed by atoms with Crippen molar-refractivity contribution in [3.8, 4) is 0 Å². The smallest absolute Gasteiger partial charge is 0.135 e. The van der Waals surface area contributed by atoms with E-state index in [1.807, 2.05) is 12.2 Å². The number of nitrogens with one attached hydrogen (secondary N) is 1. The molecule has 0 bridgehead atoms. The SMILES string of the molecule is [Fe][C]1=CC=CC1.c1nnn[nH]1. The summed E-state index contributed by atoms with van der Waals surface area (Å²) in [5, 5.41) is 12.1. The molecule has 2 rings (SSSR count). The summed E-state index contributed by atoms with van der Waals surface area (Å²) in [6, 6.07) is 0. The molecule has 0 fully saturated rings. The second-order valence-electron chi connectivity index (χ2n) is 1.79. The molecular weight excluding hydrogens is 184 g/mol. The van der Waals surface area contributed by atoms with Gasteiger partial charge in [-0.25, -0.2) is 5.10 Å². The summed E-state index contributed by atoms with van der Waals surface area (Å²) in [4.78, 5) is 0. The monoisotopic (exact) mass is 191 g/mol. The topological polar surface area (TPSA) is 54.5 Å². The van der Waals surface area contributed by atoms with Gasteiger partial charge in [-0.05, 0) is 10.4 Å². The van der Waals surface area contributed by atoms with E-state index < -0.39 is 0 Å². The Kier molecular flexibility index (Phi) is 3.58. The number of aromatic amines is 1. The predicted molar refractivity (Wildman–Crippen MR) is 36.0 cm³/mol. The maximum absolute atomic E-state index is 3.74. The van der Waals surface area contributed by atoms with E-state index in [4.69, 9.17) is 0 Å². The third kappa shape index (κ3) is 3.70. The van der Waals surface area contributed by atoms with Crippen LogP contribution in [0.15, 0.2) is 29.0 Å². The van der Waals surface area contributed by atoms with E-state index in [1.165, 1.54) is 10.8 Å². The molecule has 0 saturated carbocycles. The number of rotatable bonds is 0. The van der Waals surface area contributed by atoms with E-state index in [1.54, 1.807) is 0 Å². The van der Waals surface area contributed by atoms with Crippen molar-refractivity contribution in [3.05, 3.63) is 29.0 Å². The van der Waals surface area contributed by atoms with Crippen molar-refractivity contribution >= 4 is 0 Å². The number of allylic oxidation sites excluding steroid dienone is 4. The molecule has 0 saturated heterocycles. The van der Waals surface area contributed by atoms with Gasteiger partial charge in [-0.2, -0.15) is 0 Å². The summed E-state index contributed by atoms with van der Waals surface area (Å²) in [5.74, 6) is 0. The summed E-state index contributed by atoms with van der Waals surface area (Å²) in [6.07, 6.45) is 8.62. The molecule has 1 heterocycles. The van der Waals surface area contributed by atoms with Crippen molar-refractivity contribution in [2.24, 2.45) is 0 Å². The number of nitrogens with zero attached hydrogens (tertiary/aromatic N) is 3. The Hall–Kier alpha value is -0.931. The first-order valence-corrected chi connectivity index (χ1v) is 3.62. The van der Waals surface area contributed by atoms with Crippen molar-refractivity contribution in [2.45, 2.75) is 6.42 Å². The number of aromatic nitrogens is 4. The second-order valence-corrected chi connectivity index (χ2v) is 2.50. The van der Waals surface area contributed by atoms with Crippen LogP contribution in [0.3, 0.4) is 0 Å². The minimum absolute atomic E-state index is 1.06. The predicted octanol–water partition coefficient (Wildman–Crippen LogP) is 0.577. The molecule has 0 amide bonds. The Morgan fingerprint density at radius 1 is 1.55 bits per heavy atom. The molecule has 5 heteroatoms. The molecule has 0 spiro atoms. The second kappa shape index (κ2) is 4.82. The largest absolute Gasteiger partial charge is 0.246 e. The zero-order valence-electron chi connectivity index (χ0n) is 5.71. The first-order chi connectivity index (χ1) is 5.39. The van der Waals surface area contributed by atoms with Crippen molar-refractivity contribution in [2.75, 3.05) is 0 Å². The molecule has 0 aliphatic heterocycles. The zero-order valence-corrected chi connectivity index (χ0v) is 6.82. The van der Waals surface area contributed by atoms with Gasteiger partial charge in [0.05, 0.1) is 0 Å². The van der Waals surface area contributed by atoms with Crippen LogP contribution in [0.5, 0.6) is 0 Å². The van der Waals surface area contributed by atoms with E-state index in [2.05, 4.69) is 42.7 Å². The Bertz CT molecular complexity index is 222. The van der Waals surface area contributed by atoms with E-state index in [9.17, 15) is 0 Å². The quantitative estimate of drug-likeness (QED) is 0.610. The summed E-state index contributed by atoms with van der Waals surface area (Å²) in [6.45, 7) is 0. The van der Waals surface area contributed by atoms with Crippen LogP contribution in [0.4, 0.5) is 0 Å². The summed E-state index contributed by atoms with van der Waals surface area (Å²) in [7, 11) is 0. The number of H-pyrrole nitrogens is 1. The number of tetrazole rings is 1. The maximum Gasteiger partial charge on any atom is 0.135 e. The number of hydrogen-bond acceptors (Lipinski definition) is 3. The fourth-order valence-corrected chi connectivity index (χ4v) is 0.781. The molecule has 1 N–H and O–H groups in total. The summed E-state index contributed by atoms with van der Waals surface area (Å²) in [5.41, 5.74) is 0. The van der Waals surface area contributed by atoms with Crippen molar-refractivity contribution in [3.63, 3.8) is 0 Å². The van der Waals surface area contributed by atoms with E-state index >= 15 is 0 Å². The summed E-state index contributed by atoms with van der Waals surface area (Å²) < 4.78 is 1.22. The minimum Gasteiger partial charge on any atom is -0.246 e. The molecule has 1 aliphatic carbocycles. The van der Waals surface area contributed by atoms with Gasteiger partial charge in [0, 0.05) is 0 Å². The van der Waals surface area contributed by atoms with Crippen molar-refractivity contribution in [1.29, 1.82) is 0 Å². The van der Waals surface area contributed by atoms with E-state index in [-0.39, 0.29) is 0 Å². The maximum atomic E-state index is 3.74. The van der Waals surface area contributed by atoms with Crippen LogP contribution in [-0.2, 0) is 16.0 Å². The normalized spacial score (nSPS) is 13.7. The molecule has 0 unspecified atom stereocenters. The van der Waals surface area contributed by atoms with Crippen LogP contribution < -0.4 is 0 Å². The minimum atomic E-state index is 1.06. The van der Waals surface area contributed by atoms with Gasteiger partial charge in [-0.1, -0.05) is 0 Å². The first kappa shape index (κ1) is 8.17. The molecule has 11 heavy (non-hydrogen) atoms. The Balaban J connectivity index is 0.000000112. The Labute approximate surface area is 72.6 Å². The van der Waals surface area contributed by atoms with Crippen LogP contribution in [0.2, 0.25) is 0 Å². The molecular formula is C6H7FeN4. The molecule has 4 nitrogen and oxygen atoms in total. The summed E-state index contributed by atoms with van der Waals surface area (Å²) >= 11 is 3.74. The van der Waals surface area contributed by atoms with Crippen LogP contribution >= 0.6 is 0 Å². The average molecular weight is 191 g/mol. The van der Waals surface area contributed by atoms with Crippen LogP contribution in [0.1, 0.15) is 6.42 Å². The van der Waals surface area contributed by atoms with Crippen LogP contribution in [-0.4, -0.2) is 20.6 Å². The van der Waals surface area contributed by atoms with Crippen LogP contribution in [0, 0.1) is 0 Å². The molecule has 0 aromatic carbocycles. The van der Waals surface area contributed by atoms with Crippen molar-refractivity contribution in [1.82, 2.24) is 20.6 Å².